The summed E-state index contributed by atoms with van der Waals surface area (Å²) in [4.78, 5) is 23.6. The van der Waals surface area contributed by atoms with Crippen molar-refractivity contribution in [2.45, 2.75) is 12.3 Å². The van der Waals surface area contributed by atoms with Crippen molar-refractivity contribution in [2.75, 3.05) is 13.1 Å². The average molecular weight is 244 g/mol. The van der Waals surface area contributed by atoms with Crippen molar-refractivity contribution in [1.29, 1.82) is 0 Å². The van der Waals surface area contributed by atoms with E-state index in [1.54, 1.807) is 4.81 Å². The number of hydrogen-bond acceptors (Lipinski definition) is 3. The maximum Gasteiger partial charge on any atom is 0.308 e. The van der Waals surface area contributed by atoms with Gasteiger partial charge in [0.15, 0.2) is 0 Å². The van der Waals surface area contributed by atoms with Crippen molar-refractivity contribution in [3.63, 3.8) is 0 Å². The number of nitrogens with zero attached hydrogens (tertiary/aromatic N) is 1. The number of aliphatic carboxylic acids is 1. The monoisotopic (exact) mass is 244 g/mol. The molecule has 1 aliphatic rings. The highest BCUT2D eigenvalue weighted by atomic mass is 16.4. The van der Waals surface area contributed by atoms with E-state index in [-0.39, 0.29) is 5.92 Å². The highest BCUT2D eigenvalue weighted by Crippen LogP contribution is 2.32. The van der Waals surface area contributed by atoms with E-state index < -0.39 is 11.9 Å². The maximum absolute atomic E-state index is 11.4. The zero-order valence-corrected chi connectivity index (χ0v) is 10.0. The Bertz CT molecular complexity index is 424. The lowest BCUT2D eigenvalue weighted by Gasteiger charge is -2.35. The molecular formula is C13H15BNO3. The van der Waals surface area contributed by atoms with Gasteiger partial charge in [0, 0.05) is 6.54 Å². The summed E-state index contributed by atoms with van der Waals surface area (Å²) in [5.41, 5.74) is 1.07. The predicted octanol–water partition coefficient (Wildman–Crippen LogP) is 0.986. The molecule has 1 aliphatic heterocycles. The third-order valence-corrected chi connectivity index (χ3v) is 3.46. The molecule has 0 unspecified atom stereocenters. The van der Waals surface area contributed by atoms with Crippen LogP contribution >= 0.6 is 0 Å². The van der Waals surface area contributed by atoms with Gasteiger partial charge >= 0.3 is 5.97 Å². The molecule has 1 heterocycles. The van der Waals surface area contributed by atoms with Gasteiger partial charge in [0.05, 0.1) is 12.1 Å². The van der Waals surface area contributed by atoms with Gasteiger partial charge in [-0.3, -0.25) is 4.79 Å². The van der Waals surface area contributed by atoms with E-state index in [1.807, 2.05) is 30.3 Å². The smallest absolute Gasteiger partial charge is 0.308 e. The fourth-order valence-electron chi connectivity index (χ4n) is 2.55. The van der Waals surface area contributed by atoms with E-state index in [2.05, 4.69) is 0 Å². The first-order chi connectivity index (χ1) is 8.72. The summed E-state index contributed by atoms with van der Waals surface area (Å²) in [6, 6.07) is 9.73. The summed E-state index contributed by atoms with van der Waals surface area (Å²) in [5, 5.41) is 9.33. The van der Waals surface area contributed by atoms with E-state index >= 15 is 0 Å². The van der Waals surface area contributed by atoms with Crippen molar-refractivity contribution >= 4 is 19.6 Å². The standard InChI is InChI=1S/C13H15BNO3/c16-9-14-15-7-6-11(12(8-15)13(17)18)10-4-2-1-3-5-10/h1-5,9,11-12H,6-8H2,(H,17,18)/t11-,12-/m0/s1. The van der Waals surface area contributed by atoms with Crippen LogP contribution < -0.4 is 0 Å². The van der Waals surface area contributed by atoms with Crippen LogP contribution in [0, 0.1) is 5.92 Å². The minimum Gasteiger partial charge on any atom is -0.481 e. The van der Waals surface area contributed by atoms with E-state index in [4.69, 9.17) is 0 Å². The Balaban J connectivity index is 2.16. The minimum absolute atomic E-state index is 0.0278. The predicted molar refractivity (Wildman–Crippen MR) is 69.0 cm³/mol. The van der Waals surface area contributed by atoms with Gasteiger partial charge in [-0.05, 0) is 24.4 Å². The van der Waals surface area contributed by atoms with Crippen molar-refractivity contribution in [1.82, 2.24) is 4.81 Å². The van der Waals surface area contributed by atoms with E-state index in [1.165, 1.54) is 7.41 Å². The molecule has 1 radical (unpaired) electrons. The van der Waals surface area contributed by atoms with Crippen LogP contribution in [0.2, 0.25) is 0 Å². The molecule has 5 heteroatoms. The molecule has 1 aromatic rings. The Morgan fingerprint density at radius 1 is 1.39 bits per heavy atom. The zero-order valence-electron chi connectivity index (χ0n) is 10.0. The van der Waals surface area contributed by atoms with Crippen molar-refractivity contribution in [2.24, 2.45) is 5.92 Å². The Labute approximate surface area is 107 Å². The van der Waals surface area contributed by atoms with E-state index in [0.717, 1.165) is 18.5 Å². The molecule has 93 valence electrons. The van der Waals surface area contributed by atoms with Crippen LogP contribution in [-0.2, 0) is 9.59 Å². The highest BCUT2D eigenvalue weighted by molar-refractivity contribution is 6.64. The van der Waals surface area contributed by atoms with Gasteiger partial charge in [-0.15, -0.1) is 0 Å². The molecule has 0 amide bonds. The lowest BCUT2D eigenvalue weighted by Crippen LogP contribution is -2.44. The number of carbonyl (C=O) groups is 2. The second-order valence-electron chi connectivity index (χ2n) is 4.53. The zero-order chi connectivity index (χ0) is 13.0. The average Bonchev–Trinajstić information content (AvgIpc) is 2.40. The topological polar surface area (TPSA) is 57.6 Å². The summed E-state index contributed by atoms with van der Waals surface area (Å²) in [7, 11) is 1.43. The van der Waals surface area contributed by atoms with Crippen LogP contribution in [0.25, 0.3) is 0 Å². The van der Waals surface area contributed by atoms with Gasteiger partial charge in [-0.25, -0.2) is 0 Å². The lowest BCUT2D eigenvalue weighted by atomic mass is 9.77. The molecular weight excluding hydrogens is 229 g/mol. The Hall–Kier alpha value is -1.62. The van der Waals surface area contributed by atoms with Crippen LogP contribution in [0.5, 0.6) is 0 Å². The molecule has 4 nitrogen and oxygen atoms in total. The van der Waals surface area contributed by atoms with Crippen LogP contribution in [0.1, 0.15) is 17.9 Å². The Morgan fingerprint density at radius 3 is 2.72 bits per heavy atom. The number of carbonyl (C=O) groups excluding carboxylic acids is 1. The SMILES string of the molecule is O=C[B]N1CC[C@@H](c2ccccc2)[C@@H](C(=O)O)C1. The quantitative estimate of drug-likeness (QED) is 0.633. The molecule has 1 fully saturated rings. The summed E-state index contributed by atoms with van der Waals surface area (Å²) < 4.78 is 0. The third-order valence-electron chi connectivity index (χ3n) is 3.46. The third kappa shape index (κ3) is 2.79. The minimum atomic E-state index is -0.798. The van der Waals surface area contributed by atoms with Crippen molar-refractivity contribution in [3.05, 3.63) is 35.9 Å². The molecule has 0 bridgehead atoms. The van der Waals surface area contributed by atoms with Crippen LogP contribution in [0.15, 0.2) is 30.3 Å². The van der Waals surface area contributed by atoms with Gasteiger partial charge in [0.2, 0.25) is 0 Å². The number of carboxylic acid groups (broad SMARTS) is 1. The summed E-state index contributed by atoms with van der Waals surface area (Å²) in [5.74, 6) is -1.23. The fraction of sp³-hybridized carbons (Fsp3) is 0.385. The molecule has 2 atom stereocenters. The maximum atomic E-state index is 11.4. The number of piperidine rings is 1. The van der Waals surface area contributed by atoms with E-state index in [9.17, 15) is 14.7 Å². The molecule has 2 rings (SSSR count). The van der Waals surface area contributed by atoms with Gasteiger partial charge in [0.1, 0.15) is 0 Å². The van der Waals surface area contributed by atoms with Crippen LogP contribution in [0.4, 0.5) is 0 Å². The van der Waals surface area contributed by atoms with Crippen LogP contribution in [0.3, 0.4) is 0 Å². The first kappa shape index (κ1) is 12.8. The van der Waals surface area contributed by atoms with Gasteiger partial charge < -0.3 is 14.7 Å². The second kappa shape index (κ2) is 5.82. The van der Waals surface area contributed by atoms with E-state index in [0.29, 0.717) is 12.7 Å². The summed E-state index contributed by atoms with van der Waals surface area (Å²) in [6.07, 6.45) is 1.47. The highest BCUT2D eigenvalue weighted by Gasteiger charge is 2.34. The molecule has 1 saturated heterocycles. The lowest BCUT2D eigenvalue weighted by molar-refractivity contribution is -0.143. The second-order valence-corrected chi connectivity index (χ2v) is 4.53. The molecule has 0 aromatic heterocycles. The van der Waals surface area contributed by atoms with Gasteiger partial charge in [0.25, 0.3) is 7.41 Å². The number of hydrogen-bond donors (Lipinski definition) is 1. The molecule has 0 aliphatic carbocycles. The Kier molecular flexibility index (Phi) is 4.15. The first-order valence-corrected chi connectivity index (χ1v) is 6.03. The summed E-state index contributed by atoms with van der Waals surface area (Å²) in [6.45, 7) is 1.12. The number of carboxylic acids is 1. The van der Waals surface area contributed by atoms with Gasteiger partial charge in [-0.2, -0.15) is 0 Å². The molecule has 0 saturated carbocycles. The normalized spacial score (nSPS) is 24.4. The molecule has 0 spiro atoms. The number of benzene rings is 1. The molecule has 1 N–H and O–H groups in total. The fourth-order valence-corrected chi connectivity index (χ4v) is 2.55. The largest absolute Gasteiger partial charge is 0.481 e. The Morgan fingerprint density at radius 2 is 2.11 bits per heavy atom. The van der Waals surface area contributed by atoms with Crippen molar-refractivity contribution < 1.29 is 14.7 Å². The summed E-state index contributed by atoms with van der Waals surface area (Å²) >= 11 is 0. The number of rotatable bonds is 4. The molecule has 18 heavy (non-hydrogen) atoms. The van der Waals surface area contributed by atoms with Crippen molar-refractivity contribution in [3.8, 4) is 0 Å². The van der Waals surface area contributed by atoms with Gasteiger partial charge in [-0.1, -0.05) is 30.3 Å². The first-order valence-electron chi connectivity index (χ1n) is 6.03. The van der Waals surface area contributed by atoms with Crippen LogP contribution in [-0.4, -0.2) is 42.6 Å². The molecule has 1 aromatic carbocycles.